The standard InChI is InChI=1S/C28H27F3N6O4/c1-15-19(14-41-36-15)21(17(24(32)38)10-11-28(29,30)31)26(39)35-25-27(40)37-13-12-33-20-9-5-8-18(23(20)37)22(34-25)16-6-3-2-4-7-16/h2-9,14,17,21,25,33H,10-13H2,1H3,(H2,32,38)(H,35,39)/t17-,21-,25-/m1/s1. The Morgan fingerprint density at radius 2 is 1.95 bits per heavy atom. The Morgan fingerprint density at radius 3 is 2.61 bits per heavy atom. The molecule has 13 heteroatoms. The van der Waals surface area contributed by atoms with Crippen molar-refractivity contribution >= 4 is 34.8 Å². The molecule has 0 unspecified atom stereocenters. The van der Waals surface area contributed by atoms with Crippen molar-refractivity contribution in [2.75, 3.05) is 23.3 Å². The summed E-state index contributed by atoms with van der Waals surface area (Å²) >= 11 is 0. The fourth-order valence-corrected chi connectivity index (χ4v) is 5.28. The van der Waals surface area contributed by atoms with E-state index in [-0.39, 0.29) is 17.8 Å². The van der Waals surface area contributed by atoms with Crippen LogP contribution in [0, 0.1) is 12.8 Å². The summed E-state index contributed by atoms with van der Waals surface area (Å²) in [5.74, 6) is -5.61. The maximum Gasteiger partial charge on any atom is 0.389 e. The van der Waals surface area contributed by atoms with Gasteiger partial charge in [-0.15, -0.1) is 0 Å². The number of amides is 3. The van der Waals surface area contributed by atoms with Crippen molar-refractivity contribution in [1.82, 2.24) is 10.5 Å². The maximum absolute atomic E-state index is 13.9. The van der Waals surface area contributed by atoms with Crippen molar-refractivity contribution in [2.24, 2.45) is 16.6 Å². The summed E-state index contributed by atoms with van der Waals surface area (Å²) in [6, 6.07) is 14.6. The first-order chi connectivity index (χ1) is 19.5. The molecule has 0 bridgehead atoms. The predicted octanol–water partition coefficient (Wildman–Crippen LogP) is 3.26. The molecular weight excluding hydrogens is 541 g/mol. The van der Waals surface area contributed by atoms with Crippen LogP contribution in [0.4, 0.5) is 24.5 Å². The van der Waals surface area contributed by atoms with Gasteiger partial charge in [-0.1, -0.05) is 47.6 Å². The average Bonchev–Trinajstić information content (AvgIpc) is 3.32. The molecule has 4 N–H and O–H groups in total. The van der Waals surface area contributed by atoms with Crippen molar-refractivity contribution in [1.29, 1.82) is 0 Å². The van der Waals surface area contributed by atoms with Gasteiger partial charge >= 0.3 is 6.18 Å². The summed E-state index contributed by atoms with van der Waals surface area (Å²) < 4.78 is 44.3. The second kappa shape index (κ2) is 11.1. The fraction of sp³-hybridized carbons (Fsp3) is 0.321. The highest BCUT2D eigenvalue weighted by atomic mass is 19.4. The number of rotatable bonds is 8. The number of benzene rings is 2. The Balaban J connectivity index is 1.57. The molecule has 3 atom stereocenters. The molecule has 2 aromatic carbocycles. The normalized spacial score (nSPS) is 18.0. The van der Waals surface area contributed by atoms with Gasteiger partial charge in [0.05, 0.1) is 34.6 Å². The number of para-hydroxylation sites is 1. The third-order valence-electron chi connectivity index (χ3n) is 7.21. The van der Waals surface area contributed by atoms with Gasteiger partial charge < -0.3 is 25.8 Å². The largest absolute Gasteiger partial charge is 0.389 e. The molecule has 2 aliphatic heterocycles. The van der Waals surface area contributed by atoms with Crippen LogP contribution in [0.5, 0.6) is 0 Å². The fourth-order valence-electron chi connectivity index (χ4n) is 5.28. The van der Waals surface area contributed by atoms with Gasteiger partial charge in [-0.05, 0) is 19.4 Å². The molecule has 0 saturated heterocycles. The summed E-state index contributed by atoms with van der Waals surface area (Å²) in [5, 5.41) is 9.61. The highest BCUT2D eigenvalue weighted by Gasteiger charge is 2.42. The van der Waals surface area contributed by atoms with Crippen molar-refractivity contribution in [3.05, 3.63) is 77.2 Å². The zero-order valence-electron chi connectivity index (χ0n) is 21.9. The Morgan fingerprint density at radius 1 is 1.20 bits per heavy atom. The number of anilines is 2. The molecule has 0 aliphatic carbocycles. The van der Waals surface area contributed by atoms with Gasteiger partial charge in [0.25, 0.3) is 5.91 Å². The van der Waals surface area contributed by atoms with Crippen LogP contribution >= 0.6 is 0 Å². The van der Waals surface area contributed by atoms with Gasteiger partial charge in [-0.25, -0.2) is 4.99 Å². The first-order valence-corrected chi connectivity index (χ1v) is 12.9. The first-order valence-electron chi connectivity index (χ1n) is 12.9. The summed E-state index contributed by atoms with van der Waals surface area (Å²) in [4.78, 5) is 46.4. The van der Waals surface area contributed by atoms with Crippen LogP contribution in [0.15, 0.2) is 64.3 Å². The van der Waals surface area contributed by atoms with Gasteiger partial charge in [-0.2, -0.15) is 13.2 Å². The minimum atomic E-state index is -4.59. The van der Waals surface area contributed by atoms with Gasteiger partial charge in [0.15, 0.2) is 0 Å². The number of hydrogen-bond donors (Lipinski definition) is 3. The van der Waals surface area contributed by atoms with E-state index in [0.29, 0.717) is 29.1 Å². The molecule has 5 rings (SSSR count). The number of aromatic nitrogens is 1. The van der Waals surface area contributed by atoms with E-state index in [2.05, 4.69) is 20.8 Å². The van der Waals surface area contributed by atoms with Crippen molar-refractivity contribution in [2.45, 2.75) is 38.0 Å². The van der Waals surface area contributed by atoms with Gasteiger partial charge in [0.2, 0.25) is 18.0 Å². The van der Waals surface area contributed by atoms with Gasteiger partial charge in [0, 0.05) is 36.2 Å². The molecule has 0 spiro atoms. The second-order valence-corrected chi connectivity index (χ2v) is 9.87. The number of hydrogen-bond acceptors (Lipinski definition) is 7. The van der Waals surface area contributed by atoms with E-state index in [9.17, 15) is 27.6 Å². The molecule has 0 fully saturated rings. The number of carbonyl (C=O) groups excluding carboxylic acids is 3. The van der Waals surface area contributed by atoms with Crippen molar-refractivity contribution in [3.63, 3.8) is 0 Å². The van der Waals surface area contributed by atoms with Crippen LogP contribution in [0.25, 0.3) is 0 Å². The summed E-state index contributed by atoms with van der Waals surface area (Å²) in [6.45, 7) is 2.23. The van der Waals surface area contributed by atoms with Crippen LogP contribution in [-0.4, -0.2) is 54.0 Å². The minimum absolute atomic E-state index is 0.0922. The quantitative estimate of drug-likeness (QED) is 0.381. The van der Waals surface area contributed by atoms with E-state index >= 15 is 0 Å². The van der Waals surface area contributed by atoms with Gasteiger partial charge in [0.1, 0.15) is 6.26 Å². The van der Waals surface area contributed by atoms with E-state index in [0.717, 1.165) is 12.0 Å². The topological polar surface area (TPSA) is 143 Å². The number of nitrogens with zero attached hydrogens (tertiary/aromatic N) is 3. The van der Waals surface area contributed by atoms with Crippen molar-refractivity contribution < 1.29 is 32.1 Å². The smallest absolute Gasteiger partial charge is 0.382 e. The van der Waals surface area contributed by atoms with Crippen LogP contribution in [0.3, 0.4) is 0 Å². The molecule has 0 saturated carbocycles. The zero-order valence-corrected chi connectivity index (χ0v) is 21.9. The molecular formula is C28H27F3N6O4. The zero-order chi connectivity index (χ0) is 29.3. The Labute approximate surface area is 232 Å². The minimum Gasteiger partial charge on any atom is -0.382 e. The first kappa shape index (κ1) is 27.9. The third kappa shape index (κ3) is 5.65. The number of nitrogens with one attached hydrogen (secondary N) is 2. The molecule has 10 nitrogen and oxygen atoms in total. The maximum atomic E-state index is 13.9. The predicted molar refractivity (Wildman–Crippen MR) is 143 cm³/mol. The molecule has 3 amide bonds. The molecule has 2 aliphatic rings. The summed E-state index contributed by atoms with van der Waals surface area (Å²) in [7, 11) is 0. The number of alkyl halides is 3. The van der Waals surface area contributed by atoms with Crippen LogP contribution in [0.1, 0.15) is 41.1 Å². The number of primary amides is 1. The van der Waals surface area contributed by atoms with Crippen LogP contribution < -0.4 is 21.3 Å². The SMILES string of the molecule is Cc1nocc1[C@H](C(=O)N[C@H]1N=C(c2ccccc2)c2cccc3c2N(CCN3)C1=O)[C@@H](CCC(F)(F)F)C(N)=O. The lowest BCUT2D eigenvalue weighted by Gasteiger charge is -2.32. The van der Waals surface area contributed by atoms with E-state index in [1.54, 1.807) is 0 Å². The number of aliphatic imine (C=N–C) groups is 1. The van der Waals surface area contributed by atoms with E-state index in [4.69, 9.17) is 10.3 Å². The molecule has 3 aromatic rings. The molecule has 0 radical (unpaired) electrons. The van der Waals surface area contributed by atoms with Crippen LogP contribution in [-0.2, 0) is 14.4 Å². The second-order valence-electron chi connectivity index (χ2n) is 9.87. The van der Waals surface area contributed by atoms with Gasteiger partial charge in [-0.3, -0.25) is 14.4 Å². The van der Waals surface area contributed by atoms with Crippen LogP contribution in [0.2, 0.25) is 0 Å². The molecule has 3 heterocycles. The van der Waals surface area contributed by atoms with E-state index in [1.807, 2.05) is 48.5 Å². The lowest BCUT2D eigenvalue weighted by molar-refractivity contribution is -0.143. The lowest BCUT2D eigenvalue weighted by atomic mass is 9.82. The third-order valence-corrected chi connectivity index (χ3v) is 7.21. The van der Waals surface area contributed by atoms with Crippen molar-refractivity contribution in [3.8, 4) is 0 Å². The number of carbonyl (C=O) groups is 3. The van der Waals surface area contributed by atoms with E-state index < -0.39 is 54.7 Å². The lowest BCUT2D eigenvalue weighted by Crippen LogP contribution is -2.51. The molecule has 1 aromatic heterocycles. The Bertz CT molecular complexity index is 1500. The number of aryl methyl sites for hydroxylation is 1. The molecule has 214 valence electrons. The number of halogens is 3. The summed E-state index contributed by atoms with van der Waals surface area (Å²) in [5.41, 5.74) is 8.93. The highest BCUT2D eigenvalue weighted by molar-refractivity contribution is 6.22. The Kier molecular flexibility index (Phi) is 7.52. The Hall–Kier alpha value is -4.68. The average molecular weight is 569 g/mol. The van der Waals surface area contributed by atoms with E-state index in [1.165, 1.54) is 11.8 Å². The summed E-state index contributed by atoms with van der Waals surface area (Å²) in [6.07, 6.45) is -7.03. The number of nitrogens with two attached hydrogens (primary N) is 1. The monoisotopic (exact) mass is 568 g/mol. The highest BCUT2D eigenvalue weighted by Crippen LogP contribution is 2.38. The molecule has 41 heavy (non-hydrogen) atoms.